The maximum Gasteiger partial charge on any atom is 0.435 e. The topological polar surface area (TPSA) is 126 Å². The molecule has 0 aliphatic heterocycles. The number of fused-ring (bicyclic) bond motifs is 1. The van der Waals surface area contributed by atoms with Crippen LogP contribution < -0.4 is 5.32 Å². The van der Waals surface area contributed by atoms with E-state index in [4.69, 9.17) is 23.2 Å². The van der Waals surface area contributed by atoms with Gasteiger partial charge in [-0.05, 0) is 18.2 Å². The fourth-order valence-corrected chi connectivity index (χ4v) is 3.39. The van der Waals surface area contributed by atoms with Crippen LogP contribution in [0.4, 0.5) is 18.9 Å². The molecule has 14 heteroatoms. The van der Waals surface area contributed by atoms with Gasteiger partial charge in [-0.2, -0.15) is 18.3 Å². The van der Waals surface area contributed by atoms with Crippen LogP contribution in [0.3, 0.4) is 0 Å². The molecule has 0 bridgehead atoms. The van der Waals surface area contributed by atoms with Crippen LogP contribution in [0.15, 0.2) is 36.8 Å². The summed E-state index contributed by atoms with van der Waals surface area (Å²) in [5.74, 6) is -2.80. The summed E-state index contributed by atoms with van der Waals surface area (Å²) in [6.07, 6.45) is -2.36. The first-order chi connectivity index (χ1) is 15.1. The lowest BCUT2D eigenvalue weighted by Gasteiger charge is -2.12. The van der Waals surface area contributed by atoms with E-state index in [-0.39, 0.29) is 32.6 Å². The standard InChI is InChI=1S/C18H9Cl2F3N6O3/c19-8-2-1-3-24-15(8)29-10(5-11(28-29)18(21,22)23)16(30)27-13-7(17(31)32)4-9-14(12(13)20)26-6-25-9/h1-6H,(H,25,26)(H,27,30)(H,31,32). The number of alkyl halides is 3. The van der Waals surface area contributed by atoms with E-state index in [9.17, 15) is 27.9 Å². The number of carboxylic acid groups (broad SMARTS) is 1. The van der Waals surface area contributed by atoms with Gasteiger partial charge in [0.2, 0.25) is 0 Å². The first kappa shape index (κ1) is 21.6. The fourth-order valence-electron chi connectivity index (χ4n) is 2.89. The molecule has 9 nitrogen and oxygen atoms in total. The number of nitrogens with zero attached hydrogens (tertiary/aromatic N) is 4. The highest BCUT2D eigenvalue weighted by molar-refractivity contribution is 6.39. The quantitative estimate of drug-likeness (QED) is 0.393. The molecule has 1 aromatic carbocycles. The predicted octanol–water partition coefficient (Wildman–Crippen LogP) is 4.42. The summed E-state index contributed by atoms with van der Waals surface area (Å²) in [6.45, 7) is 0. The number of carbonyl (C=O) groups is 2. The van der Waals surface area contributed by atoms with E-state index in [0.717, 1.165) is 0 Å². The van der Waals surface area contributed by atoms with Gasteiger partial charge in [-0.3, -0.25) is 4.79 Å². The third-order valence-electron chi connectivity index (χ3n) is 4.30. The molecule has 4 aromatic rings. The molecule has 0 radical (unpaired) electrons. The van der Waals surface area contributed by atoms with Gasteiger partial charge in [0.1, 0.15) is 11.2 Å². The number of aromatic nitrogens is 5. The Morgan fingerprint density at radius 3 is 2.59 bits per heavy atom. The summed E-state index contributed by atoms with van der Waals surface area (Å²) in [4.78, 5) is 35.2. The molecular weight excluding hydrogens is 476 g/mol. The molecule has 0 aliphatic rings. The molecule has 0 atom stereocenters. The minimum absolute atomic E-state index is 0.0689. The summed E-state index contributed by atoms with van der Waals surface area (Å²) in [7, 11) is 0. The molecule has 0 spiro atoms. The number of pyridine rings is 1. The van der Waals surface area contributed by atoms with Gasteiger partial charge in [0.15, 0.2) is 11.5 Å². The molecule has 4 rings (SSSR count). The Morgan fingerprint density at radius 1 is 1.19 bits per heavy atom. The molecule has 0 unspecified atom stereocenters. The van der Waals surface area contributed by atoms with Gasteiger partial charge in [-0.25, -0.2) is 19.4 Å². The summed E-state index contributed by atoms with van der Waals surface area (Å²) in [5.41, 5.74) is -2.29. The summed E-state index contributed by atoms with van der Waals surface area (Å²) in [5, 5.41) is 14.9. The monoisotopic (exact) mass is 484 g/mol. The number of anilines is 1. The number of aromatic carboxylic acids is 1. The van der Waals surface area contributed by atoms with E-state index in [1.165, 1.54) is 30.7 Å². The van der Waals surface area contributed by atoms with Crippen molar-refractivity contribution in [2.75, 3.05) is 5.32 Å². The first-order valence-electron chi connectivity index (χ1n) is 8.56. The summed E-state index contributed by atoms with van der Waals surface area (Å²) < 4.78 is 40.5. The van der Waals surface area contributed by atoms with Crippen molar-refractivity contribution in [3.8, 4) is 5.82 Å². The first-order valence-corrected chi connectivity index (χ1v) is 9.32. The SMILES string of the molecule is O=C(O)c1cc2[nH]cnc2c(Cl)c1NC(=O)c1cc(C(F)(F)F)nn1-c1ncccc1Cl. The number of H-pyrrole nitrogens is 1. The Morgan fingerprint density at radius 2 is 1.94 bits per heavy atom. The van der Waals surface area contributed by atoms with Gasteiger partial charge < -0.3 is 15.4 Å². The molecule has 0 aliphatic carbocycles. The molecule has 164 valence electrons. The molecule has 0 fully saturated rings. The molecule has 3 N–H and O–H groups in total. The Kier molecular flexibility index (Phi) is 5.26. The minimum Gasteiger partial charge on any atom is -0.478 e. The number of benzene rings is 1. The second-order valence-electron chi connectivity index (χ2n) is 6.30. The second-order valence-corrected chi connectivity index (χ2v) is 7.09. The van der Waals surface area contributed by atoms with Gasteiger partial charge in [-0.15, -0.1) is 0 Å². The third kappa shape index (κ3) is 3.74. The lowest BCUT2D eigenvalue weighted by atomic mass is 10.1. The van der Waals surface area contributed by atoms with Gasteiger partial charge in [0.25, 0.3) is 5.91 Å². The smallest absolute Gasteiger partial charge is 0.435 e. The number of imidazole rings is 1. The van der Waals surface area contributed by atoms with Crippen LogP contribution in [0.5, 0.6) is 0 Å². The molecule has 3 aromatic heterocycles. The van der Waals surface area contributed by atoms with Crippen molar-refractivity contribution < 1.29 is 27.9 Å². The highest BCUT2D eigenvalue weighted by atomic mass is 35.5. The second kappa shape index (κ2) is 7.80. The summed E-state index contributed by atoms with van der Waals surface area (Å²) >= 11 is 12.2. The molecule has 1 amide bonds. The van der Waals surface area contributed by atoms with Crippen molar-refractivity contribution in [3.63, 3.8) is 0 Å². The minimum atomic E-state index is -4.88. The van der Waals surface area contributed by atoms with E-state index in [2.05, 4.69) is 25.4 Å². The lowest BCUT2D eigenvalue weighted by Crippen LogP contribution is -2.19. The average molecular weight is 485 g/mol. The number of hydrogen-bond donors (Lipinski definition) is 3. The molecule has 0 saturated carbocycles. The predicted molar refractivity (Wildman–Crippen MR) is 107 cm³/mol. The van der Waals surface area contributed by atoms with Gasteiger partial charge in [0.05, 0.1) is 33.1 Å². The number of halogens is 5. The van der Waals surface area contributed by atoms with E-state index < -0.39 is 35.0 Å². The van der Waals surface area contributed by atoms with Crippen LogP contribution in [-0.2, 0) is 6.18 Å². The molecule has 0 saturated heterocycles. The molecular formula is C18H9Cl2F3N6O3. The van der Waals surface area contributed by atoms with E-state index in [1.807, 2.05) is 0 Å². The largest absolute Gasteiger partial charge is 0.478 e. The zero-order valence-electron chi connectivity index (χ0n) is 15.4. The maximum absolute atomic E-state index is 13.3. The van der Waals surface area contributed by atoms with Crippen molar-refractivity contribution in [2.45, 2.75) is 6.18 Å². The van der Waals surface area contributed by atoms with Crippen LogP contribution in [0.25, 0.3) is 16.9 Å². The number of hydrogen-bond acceptors (Lipinski definition) is 5. The molecule has 3 heterocycles. The van der Waals surface area contributed by atoms with Gasteiger partial charge in [0, 0.05) is 12.3 Å². The fraction of sp³-hybridized carbons (Fsp3) is 0.0556. The Balaban J connectivity index is 1.85. The number of carboxylic acids is 1. The van der Waals surface area contributed by atoms with Gasteiger partial charge in [-0.1, -0.05) is 23.2 Å². The van der Waals surface area contributed by atoms with E-state index in [1.54, 1.807) is 0 Å². The Labute approximate surface area is 185 Å². The van der Waals surface area contributed by atoms with Crippen LogP contribution in [-0.4, -0.2) is 41.7 Å². The summed E-state index contributed by atoms with van der Waals surface area (Å²) in [6, 6.07) is 4.46. The Hall–Kier alpha value is -3.64. The zero-order chi connectivity index (χ0) is 23.2. The van der Waals surface area contributed by atoms with Crippen molar-refractivity contribution in [3.05, 3.63) is 63.8 Å². The third-order valence-corrected chi connectivity index (χ3v) is 4.96. The van der Waals surface area contributed by atoms with Crippen molar-refractivity contribution >= 4 is 51.8 Å². The number of aromatic amines is 1. The van der Waals surface area contributed by atoms with Crippen molar-refractivity contribution in [2.24, 2.45) is 0 Å². The number of amides is 1. The lowest BCUT2D eigenvalue weighted by molar-refractivity contribution is -0.141. The van der Waals surface area contributed by atoms with Crippen LogP contribution in [0, 0.1) is 0 Å². The number of rotatable bonds is 4. The van der Waals surface area contributed by atoms with Crippen LogP contribution >= 0.6 is 23.2 Å². The van der Waals surface area contributed by atoms with E-state index >= 15 is 0 Å². The highest BCUT2D eigenvalue weighted by Crippen LogP contribution is 2.35. The van der Waals surface area contributed by atoms with Gasteiger partial charge >= 0.3 is 12.1 Å². The maximum atomic E-state index is 13.3. The average Bonchev–Trinajstić information content (AvgIpc) is 3.37. The van der Waals surface area contributed by atoms with Crippen molar-refractivity contribution in [1.82, 2.24) is 24.7 Å². The van der Waals surface area contributed by atoms with Crippen LogP contribution in [0.2, 0.25) is 10.0 Å². The van der Waals surface area contributed by atoms with Crippen LogP contribution in [0.1, 0.15) is 26.5 Å². The highest BCUT2D eigenvalue weighted by Gasteiger charge is 2.37. The molecule has 32 heavy (non-hydrogen) atoms. The number of carbonyl (C=O) groups excluding carboxylic acids is 1. The normalized spacial score (nSPS) is 11.7. The van der Waals surface area contributed by atoms with E-state index in [0.29, 0.717) is 10.7 Å². The Bertz CT molecular complexity index is 1380. The number of nitrogens with one attached hydrogen (secondary N) is 2. The zero-order valence-corrected chi connectivity index (χ0v) is 16.9. The van der Waals surface area contributed by atoms with Crippen molar-refractivity contribution in [1.29, 1.82) is 0 Å².